The first-order chi connectivity index (χ1) is 8.58. The molecule has 0 bridgehead atoms. The monoisotopic (exact) mass is 268 g/mol. The topological polar surface area (TPSA) is 50.7 Å². The van der Waals surface area contributed by atoms with Crippen molar-refractivity contribution >= 4 is 14.3 Å². The summed E-state index contributed by atoms with van der Waals surface area (Å²) in [5, 5.41) is 13.5. The van der Waals surface area contributed by atoms with E-state index in [2.05, 4.69) is 32.9 Å². The summed E-state index contributed by atoms with van der Waals surface area (Å²) in [5.41, 5.74) is -0.785. The second-order valence-electron chi connectivity index (χ2n) is 6.71. The Hall–Kier alpha value is -0.0301. The van der Waals surface area contributed by atoms with E-state index in [1.807, 2.05) is 20.8 Å². The van der Waals surface area contributed by atoms with Crippen LogP contribution in [-0.2, 0) is 9.31 Å². The van der Waals surface area contributed by atoms with Gasteiger partial charge < -0.3 is 19.6 Å². The fourth-order valence-corrected chi connectivity index (χ4v) is 2.67. The minimum atomic E-state index is -0.738. The SMILES string of the molecule is CCC([C@H](C)O[B]B1NC(C)(C)[C@H](C)O1)C(C)(C)O. The molecule has 0 aromatic carbocycles. The first kappa shape index (κ1) is 17.0. The van der Waals surface area contributed by atoms with Crippen LogP contribution in [0.25, 0.3) is 0 Å². The molecule has 1 fully saturated rings. The van der Waals surface area contributed by atoms with Crippen LogP contribution >= 0.6 is 0 Å². The maximum atomic E-state index is 10.1. The summed E-state index contributed by atoms with van der Waals surface area (Å²) in [6.07, 6.45) is 0.970. The molecule has 1 aliphatic rings. The highest BCUT2D eigenvalue weighted by Crippen LogP contribution is 2.26. The van der Waals surface area contributed by atoms with Crippen molar-refractivity contribution in [1.29, 1.82) is 0 Å². The van der Waals surface area contributed by atoms with Crippen molar-refractivity contribution in [2.45, 2.75) is 78.2 Å². The molecule has 1 heterocycles. The van der Waals surface area contributed by atoms with Gasteiger partial charge in [0.05, 0.1) is 11.7 Å². The molecule has 0 saturated carbocycles. The van der Waals surface area contributed by atoms with Crippen molar-refractivity contribution in [3.05, 3.63) is 0 Å². The van der Waals surface area contributed by atoms with E-state index in [1.165, 1.54) is 0 Å². The van der Waals surface area contributed by atoms with Gasteiger partial charge in [0.25, 0.3) is 0 Å². The predicted molar refractivity (Wildman–Crippen MR) is 79.9 cm³/mol. The van der Waals surface area contributed by atoms with Gasteiger partial charge in [-0.1, -0.05) is 6.92 Å². The normalized spacial score (nSPS) is 26.3. The number of aliphatic hydroxyl groups is 1. The molecule has 0 spiro atoms. The lowest BCUT2D eigenvalue weighted by Gasteiger charge is -2.33. The number of rotatable bonds is 6. The summed E-state index contributed by atoms with van der Waals surface area (Å²) < 4.78 is 11.5. The average Bonchev–Trinajstić information content (AvgIpc) is 2.49. The minimum absolute atomic E-state index is 0.0468. The third-order valence-electron chi connectivity index (χ3n) is 4.21. The van der Waals surface area contributed by atoms with Crippen LogP contribution in [-0.4, -0.2) is 42.8 Å². The van der Waals surface area contributed by atoms with Crippen LogP contribution in [0.15, 0.2) is 0 Å². The summed E-state index contributed by atoms with van der Waals surface area (Å²) in [6, 6.07) is 0. The maximum Gasteiger partial charge on any atom is 0.366 e. The van der Waals surface area contributed by atoms with Crippen LogP contribution < -0.4 is 5.23 Å². The van der Waals surface area contributed by atoms with Crippen molar-refractivity contribution in [2.24, 2.45) is 5.92 Å². The second kappa shape index (κ2) is 6.17. The Morgan fingerprint density at radius 3 is 2.47 bits per heavy atom. The zero-order valence-electron chi connectivity index (χ0n) is 13.4. The van der Waals surface area contributed by atoms with E-state index in [-0.39, 0.29) is 30.6 Å². The Bertz CT molecular complexity index is 294. The molecule has 109 valence electrons. The summed E-state index contributed by atoms with van der Waals surface area (Å²) in [7, 11) is 1.71. The summed E-state index contributed by atoms with van der Waals surface area (Å²) in [5.74, 6) is 0.0931. The molecule has 4 nitrogen and oxygen atoms in total. The highest BCUT2D eigenvalue weighted by atomic mass is 16.5. The summed E-state index contributed by atoms with van der Waals surface area (Å²) in [6.45, 7) is 13.8. The lowest BCUT2D eigenvalue weighted by molar-refractivity contribution is -0.0323. The molecule has 3 atom stereocenters. The Kier molecular flexibility index (Phi) is 5.52. The van der Waals surface area contributed by atoms with Gasteiger partial charge in [-0.3, -0.25) is 0 Å². The average molecular weight is 268 g/mol. The van der Waals surface area contributed by atoms with Crippen LogP contribution in [0.1, 0.15) is 54.9 Å². The van der Waals surface area contributed by atoms with E-state index in [9.17, 15) is 5.11 Å². The van der Waals surface area contributed by atoms with E-state index in [4.69, 9.17) is 9.31 Å². The lowest BCUT2D eigenvalue weighted by atomic mass is 9.51. The smallest absolute Gasteiger partial charge is 0.366 e. The van der Waals surface area contributed by atoms with Gasteiger partial charge in [0, 0.05) is 17.6 Å². The van der Waals surface area contributed by atoms with Crippen LogP contribution in [0, 0.1) is 5.92 Å². The van der Waals surface area contributed by atoms with Gasteiger partial charge in [-0.15, -0.1) is 0 Å². The number of nitrogens with one attached hydrogen (secondary N) is 1. The standard InChI is InChI=1S/C13H28B2NO3/c1-8-11(13(6,7)17)9(2)18-14-15-16-12(4,5)10(3)19-15/h9-11,16-17H,8H2,1-7H3/t9-,10-,11?/m0/s1. The Labute approximate surface area is 119 Å². The van der Waals surface area contributed by atoms with Crippen molar-refractivity contribution in [1.82, 2.24) is 5.23 Å². The first-order valence-electron chi connectivity index (χ1n) is 7.22. The second-order valence-corrected chi connectivity index (χ2v) is 6.71. The van der Waals surface area contributed by atoms with Crippen LogP contribution in [0.4, 0.5) is 0 Å². The van der Waals surface area contributed by atoms with E-state index in [0.717, 1.165) is 6.42 Å². The number of hydrogen-bond acceptors (Lipinski definition) is 4. The number of hydrogen-bond donors (Lipinski definition) is 2. The fraction of sp³-hybridized carbons (Fsp3) is 1.00. The molecule has 0 aliphatic carbocycles. The summed E-state index contributed by atoms with van der Waals surface area (Å²) >= 11 is 0. The van der Waals surface area contributed by atoms with Crippen LogP contribution in [0.5, 0.6) is 0 Å². The molecule has 1 unspecified atom stereocenters. The lowest BCUT2D eigenvalue weighted by Crippen LogP contribution is -2.48. The van der Waals surface area contributed by atoms with Crippen molar-refractivity contribution in [3.63, 3.8) is 0 Å². The molecule has 0 aromatic heterocycles. The highest BCUT2D eigenvalue weighted by Gasteiger charge is 2.42. The quantitative estimate of drug-likeness (QED) is 0.718. The van der Waals surface area contributed by atoms with Crippen molar-refractivity contribution < 1.29 is 14.4 Å². The highest BCUT2D eigenvalue weighted by molar-refractivity contribution is 7.05. The third-order valence-corrected chi connectivity index (χ3v) is 4.21. The van der Waals surface area contributed by atoms with Gasteiger partial charge in [0.15, 0.2) is 0 Å². The zero-order chi connectivity index (χ0) is 14.8. The summed E-state index contributed by atoms with van der Waals surface area (Å²) in [4.78, 5) is 0. The molecule has 0 amide bonds. The van der Waals surface area contributed by atoms with E-state index < -0.39 is 5.60 Å². The van der Waals surface area contributed by atoms with Gasteiger partial charge in [-0.05, 0) is 48.0 Å². The molecule has 0 aromatic rings. The molecule has 19 heavy (non-hydrogen) atoms. The van der Waals surface area contributed by atoms with Gasteiger partial charge in [0.1, 0.15) is 0 Å². The van der Waals surface area contributed by atoms with Crippen molar-refractivity contribution in [2.75, 3.05) is 0 Å². The van der Waals surface area contributed by atoms with Gasteiger partial charge in [-0.2, -0.15) is 0 Å². The van der Waals surface area contributed by atoms with E-state index >= 15 is 0 Å². The van der Waals surface area contributed by atoms with Gasteiger partial charge in [-0.25, -0.2) is 0 Å². The molecule has 1 radical (unpaired) electrons. The maximum absolute atomic E-state index is 10.1. The van der Waals surface area contributed by atoms with Gasteiger partial charge >= 0.3 is 14.3 Å². The molecular weight excluding hydrogens is 240 g/mol. The van der Waals surface area contributed by atoms with Gasteiger partial charge in [0.2, 0.25) is 0 Å². The fourth-order valence-electron chi connectivity index (χ4n) is 2.67. The Morgan fingerprint density at radius 1 is 1.53 bits per heavy atom. The van der Waals surface area contributed by atoms with Crippen molar-refractivity contribution in [3.8, 4) is 0 Å². The third kappa shape index (κ3) is 4.48. The predicted octanol–water partition coefficient (Wildman–Crippen LogP) is 1.58. The molecular formula is C13H28B2NO3. The molecule has 1 rings (SSSR count). The first-order valence-corrected chi connectivity index (χ1v) is 7.22. The molecule has 1 aliphatic heterocycles. The van der Waals surface area contributed by atoms with Crippen LogP contribution in [0.3, 0.4) is 0 Å². The zero-order valence-corrected chi connectivity index (χ0v) is 13.4. The molecule has 6 heteroatoms. The molecule has 2 N–H and O–H groups in total. The van der Waals surface area contributed by atoms with Crippen LogP contribution in [0.2, 0.25) is 0 Å². The molecule has 1 saturated heterocycles. The van der Waals surface area contributed by atoms with E-state index in [1.54, 1.807) is 7.37 Å². The minimum Gasteiger partial charge on any atom is -0.442 e. The van der Waals surface area contributed by atoms with E-state index in [0.29, 0.717) is 0 Å². The Morgan fingerprint density at radius 2 is 2.11 bits per heavy atom. The Balaban J connectivity index is 2.45. The largest absolute Gasteiger partial charge is 0.442 e.